The lowest BCUT2D eigenvalue weighted by Crippen LogP contribution is -2.29. The number of pyridine rings is 1. The highest BCUT2D eigenvalue weighted by Crippen LogP contribution is 2.31. The molecule has 0 amide bonds. The van der Waals surface area contributed by atoms with Crippen molar-refractivity contribution in [1.29, 1.82) is 0 Å². The standard InChI is InChI=1S/C14H12FN3S/c15-11-6-10(7-17-8-11)13(18-16)12-3-1-2-9-4-5-19-14(9)12/h1-8,13,18H,16H2. The summed E-state index contributed by atoms with van der Waals surface area (Å²) in [6.07, 6.45) is 2.81. The van der Waals surface area contributed by atoms with E-state index in [0.717, 1.165) is 15.6 Å². The smallest absolute Gasteiger partial charge is 0.141 e. The molecule has 2 aromatic heterocycles. The Hall–Kier alpha value is -1.82. The number of rotatable bonds is 3. The Kier molecular flexibility index (Phi) is 3.25. The van der Waals surface area contributed by atoms with Crippen molar-refractivity contribution in [2.75, 3.05) is 0 Å². The van der Waals surface area contributed by atoms with Crippen LogP contribution < -0.4 is 11.3 Å². The van der Waals surface area contributed by atoms with E-state index >= 15 is 0 Å². The van der Waals surface area contributed by atoms with Crippen molar-refractivity contribution in [1.82, 2.24) is 10.4 Å². The Morgan fingerprint density at radius 3 is 2.95 bits per heavy atom. The van der Waals surface area contributed by atoms with Crippen LogP contribution in [0.25, 0.3) is 10.1 Å². The SMILES string of the molecule is NNC(c1cncc(F)c1)c1cccc2ccsc12. The molecule has 1 atom stereocenters. The van der Waals surface area contributed by atoms with Crippen LogP contribution in [0.1, 0.15) is 17.2 Å². The van der Waals surface area contributed by atoms with E-state index in [1.165, 1.54) is 12.3 Å². The maximum absolute atomic E-state index is 13.3. The molecule has 0 radical (unpaired) electrons. The van der Waals surface area contributed by atoms with E-state index in [1.807, 2.05) is 23.6 Å². The number of nitrogens with one attached hydrogen (secondary N) is 1. The van der Waals surface area contributed by atoms with Gasteiger partial charge < -0.3 is 0 Å². The third kappa shape index (κ3) is 2.23. The van der Waals surface area contributed by atoms with E-state index < -0.39 is 0 Å². The molecule has 1 aromatic carbocycles. The minimum absolute atomic E-state index is 0.273. The topological polar surface area (TPSA) is 50.9 Å². The van der Waals surface area contributed by atoms with Gasteiger partial charge in [-0.05, 0) is 34.0 Å². The number of nitrogens with two attached hydrogens (primary N) is 1. The molecular weight excluding hydrogens is 261 g/mol. The highest BCUT2D eigenvalue weighted by Gasteiger charge is 2.16. The number of halogens is 1. The summed E-state index contributed by atoms with van der Waals surface area (Å²) in [5.41, 5.74) is 4.49. The van der Waals surface area contributed by atoms with Crippen LogP contribution in [-0.2, 0) is 0 Å². The summed E-state index contributed by atoms with van der Waals surface area (Å²) >= 11 is 1.65. The van der Waals surface area contributed by atoms with Gasteiger partial charge in [0.05, 0.1) is 12.2 Å². The van der Waals surface area contributed by atoms with Gasteiger partial charge in [0, 0.05) is 10.9 Å². The average molecular weight is 273 g/mol. The first-order valence-corrected chi connectivity index (χ1v) is 6.70. The van der Waals surface area contributed by atoms with Crippen LogP contribution in [0.2, 0.25) is 0 Å². The van der Waals surface area contributed by atoms with Crippen LogP contribution >= 0.6 is 11.3 Å². The number of hydrogen-bond donors (Lipinski definition) is 2. The van der Waals surface area contributed by atoms with E-state index in [-0.39, 0.29) is 11.9 Å². The van der Waals surface area contributed by atoms with Gasteiger partial charge in [0.25, 0.3) is 0 Å². The van der Waals surface area contributed by atoms with Gasteiger partial charge in [-0.2, -0.15) is 0 Å². The van der Waals surface area contributed by atoms with Crippen molar-refractivity contribution in [3.8, 4) is 0 Å². The molecule has 3 rings (SSSR count). The van der Waals surface area contributed by atoms with Gasteiger partial charge in [-0.1, -0.05) is 18.2 Å². The van der Waals surface area contributed by atoms with Crippen molar-refractivity contribution >= 4 is 21.4 Å². The summed E-state index contributed by atoms with van der Waals surface area (Å²) in [6.45, 7) is 0. The van der Waals surface area contributed by atoms with Gasteiger partial charge in [-0.25, -0.2) is 9.82 Å². The lowest BCUT2D eigenvalue weighted by Gasteiger charge is -2.17. The molecule has 0 spiro atoms. The van der Waals surface area contributed by atoms with Gasteiger partial charge in [0.15, 0.2) is 0 Å². The Morgan fingerprint density at radius 1 is 1.26 bits per heavy atom. The maximum atomic E-state index is 13.3. The molecular formula is C14H12FN3S. The minimum atomic E-state index is -0.365. The fraction of sp³-hybridized carbons (Fsp3) is 0.0714. The molecule has 1 unspecified atom stereocenters. The zero-order valence-corrected chi connectivity index (χ0v) is 10.8. The molecule has 0 bridgehead atoms. The normalized spacial score (nSPS) is 12.7. The molecule has 0 aliphatic heterocycles. The highest BCUT2D eigenvalue weighted by molar-refractivity contribution is 7.17. The first kappa shape index (κ1) is 12.2. The van der Waals surface area contributed by atoms with Gasteiger partial charge >= 0.3 is 0 Å². The molecule has 3 N–H and O–H groups in total. The Labute approximate surface area is 113 Å². The van der Waals surface area contributed by atoms with Crippen LogP contribution in [0.3, 0.4) is 0 Å². The second-order valence-electron chi connectivity index (χ2n) is 4.22. The summed E-state index contributed by atoms with van der Waals surface area (Å²) in [6, 6.07) is 9.25. The summed E-state index contributed by atoms with van der Waals surface area (Å²) in [7, 11) is 0. The monoisotopic (exact) mass is 273 g/mol. The number of aromatic nitrogens is 1. The first-order valence-electron chi connectivity index (χ1n) is 5.82. The van der Waals surface area contributed by atoms with Crippen LogP contribution in [0.15, 0.2) is 48.1 Å². The average Bonchev–Trinajstić information content (AvgIpc) is 2.89. The van der Waals surface area contributed by atoms with Crippen LogP contribution in [0.4, 0.5) is 4.39 Å². The van der Waals surface area contributed by atoms with Crippen LogP contribution in [0, 0.1) is 5.82 Å². The van der Waals surface area contributed by atoms with Gasteiger partial charge in [-0.15, -0.1) is 11.3 Å². The molecule has 5 heteroatoms. The van der Waals surface area contributed by atoms with Crippen molar-refractivity contribution < 1.29 is 4.39 Å². The molecule has 0 saturated heterocycles. The number of thiophene rings is 1. The first-order chi connectivity index (χ1) is 9.29. The fourth-order valence-electron chi connectivity index (χ4n) is 2.20. The zero-order valence-electron chi connectivity index (χ0n) is 10.0. The molecule has 3 nitrogen and oxygen atoms in total. The predicted molar refractivity (Wildman–Crippen MR) is 75.2 cm³/mol. The van der Waals surface area contributed by atoms with Crippen molar-refractivity contribution in [2.45, 2.75) is 6.04 Å². The molecule has 0 saturated carbocycles. The van der Waals surface area contributed by atoms with Gasteiger partial charge in [0.2, 0.25) is 0 Å². The lowest BCUT2D eigenvalue weighted by molar-refractivity contribution is 0.599. The molecule has 0 fully saturated rings. The Balaban J connectivity index is 2.14. The molecule has 96 valence electrons. The van der Waals surface area contributed by atoms with Crippen LogP contribution in [-0.4, -0.2) is 4.98 Å². The van der Waals surface area contributed by atoms with Crippen molar-refractivity contribution in [3.63, 3.8) is 0 Å². The summed E-state index contributed by atoms with van der Waals surface area (Å²) in [4.78, 5) is 3.88. The highest BCUT2D eigenvalue weighted by atomic mass is 32.1. The fourth-order valence-corrected chi connectivity index (χ4v) is 3.14. The van der Waals surface area contributed by atoms with E-state index in [1.54, 1.807) is 17.5 Å². The van der Waals surface area contributed by atoms with Gasteiger partial charge in [-0.3, -0.25) is 10.8 Å². The predicted octanol–water partition coefficient (Wildman–Crippen LogP) is 2.99. The number of fused-ring (bicyclic) bond motifs is 1. The van der Waals surface area contributed by atoms with Crippen LogP contribution in [0.5, 0.6) is 0 Å². The summed E-state index contributed by atoms with van der Waals surface area (Å²) < 4.78 is 14.5. The Morgan fingerprint density at radius 2 is 2.16 bits per heavy atom. The van der Waals surface area contributed by atoms with E-state index in [0.29, 0.717) is 5.56 Å². The van der Waals surface area contributed by atoms with E-state index in [9.17, 15) is 4.39 Å². The molecule has 0 aliphatic rings. The molecule has 3 aromatic rings. The summed E-state index contributed by atoms with van der Waals surface area (Å²) in [5, 5.41) is 3.19. The Bertz CT molecular complexity index is 710. The van der Waals surface area contributed by atoms with Gasteiger partial charge in [0.1, 0.15) is 5.82 Å². The number of benzene rings is 1. The third-order valence-electron chi connectivity index (χ3n) is 3.05. The number of hydrogen-bond acceptors (Lipinski definition) is 4. The second kappa shape index (κ2) is 5.05. The maximum Gasteiger partial charge on any atom is 0.141 e. The number of nitrogens with zero attached hydrogens (tertiary/aromatic N) is 1. The second-order valence-corrected chi connectivity index (χ2v) is 5.14. The quantitative estimate of drug-likeness (QED) is 0.570. The lowest BCUT2D eigenvalue weighted by atomic mass is 9.99. The van der Waals surface area contributed by atoms with Crippen molar-refractivity contribution in [3.05, 3.63) is 65.0 Å². The third-order valence-corrected chi connectivity index (χ3v) is 4.03. The molecule has 19 heavy (non-hydrogen) atoms. The van der Waals surface area contributed by atoms with Crippen molar-refractivity contribution in [2.24, 2.45) is 5.84 Å². The molecule has 2 heterocycles. The zero-order chi connectivity index (χ0) is 13.2. The van der Waals surface area contributed by atoms with E-state index in [4.69, 9.17) is 5.84 Å². The van der Waals surface area contributed by atoms with E-state index in [2.05, 4.69) is 16.5 Å². The number of hydrazine groups is 1. The minimum Gasteiger partial charge on any atom is -0.271 e. The molecule has 0 aliphatic carbocycles. The largest absolute Gasteiger partial charge is 0.271 e. The summed E-state index contributed by atoms with van der Waals surface area (Å²) in [5.74, 6) is 5.29.